The minimum absolute atomic E-state index is 0.0228. The van der Waals surface area contributed by atoms with Crippen molar-refractivity contribution in [2.75, 3.05) is 7.11 Å². The van der Waals surface area contributed by atoms with Gasteiger partial charge in [-0.25, -0.2) is 4.79 Å². The molecule has 5 heteroatoms. The second kappa shape index (κ2) is 5.03. The van der Waals surface area contributed by atoms with E-state index < -0.39 is 17.7 Å². The summed E-state index contributed by atoms with van der Waals surface area (Å²) in [4.78, 5) is 11.0. The molecule has 0 unspecified atom stereocenters. The highest BCUT2D eigenvalue weighted by atomic mass is 19.4. The van der Waals surface area contributed by atoms with Crippen molar-refractivity contribution in [2.45, 2.75) is 13.1 Å². The van der Waals surface area contributed by atoms with Crippen LogP contribution in [0.5, 0.6) is 0 Å². The van der Waals surface area contributed by atoms with Crippen LogP contribution in [0.1, 0.15) is 18.1 Å². The Balaban J connectivity index is 3.23. The Morgan fingerprint density at radius 2 is 1.88 bits per heavy atom. The highest BCUT2D eigenvalue weighted by molar-refractivity contribution is 5.91. The molecule has 92 valence electrons. The minimum atomic E-state index is -4.44. The number of ether oxygens (including phenoxy) is 1. The van der Waals surface area contributed by atoms with Crippen LogP contribution in [-0.2, 0) is 15.7 Å². The first-order valence-electron chi connectivity index (χ1n) is 4.79. The van der Waals surface area contributed by atoms with Crippen LogP contribution in [0, 0.1) is 0 Å². The fourth-order valence-electron chi connectivity index (χ4n) is 1.39. The smallest absolute Gasteiger partial charge is 0.416 e. The van der Waals surface area contributed by atoms with Gasteiger partial charge in [0.2, 0.25) is 0 Å². The molecule has 0 aliphatic carbocycles. The Hall–Kier alpha value is -1.78. The molecule has 0 aliphatic heterocycles. The fraction of sp³-hybridized carbons (Fsp3) is 0.250. The van der Waals surface area contributed by atoms with E-state index in [2.05, 4.69) is 4.74 Å². The number of halogens is 3. The number of hydrogen-bond acceptors (Lipinski definition) is 2. The molecule has 0 amide bonds. The lowest BCUT2D eigenvalue weighted by atomic mass is 10.0. The largest absolute Gasteiger partial charge is 0.466 e. The number of carbonyl (C=O) groups is 1. The Morgan fingerprint density at radius 3 is 2.41 bits per heavy atom. The van der Waals surface area contributed by atoms with Crippen molar-refractivity contribution in [1.29, 1.82) is 0 Å². The van der Waals surface area contributed by atoms with Crippen LogP contribution >= 0.6 is 0 Å². The van der Waals surface area contributed by atoms with E-state index in [9.17, 15) is 18.0 Å². The molecule has 0 atom stereocenters. The van der Waals surface area contributed by atoms with E-state index in [-0.39, 0.29) is 11.1 Å². The Morgan fingerprint density at radius 1 is 1.29 bits per heavy atom. The number of allylic oxidation sites excluding steroid dienone is 1. The van der Waals surface area contributed by atoms with Crippen molar-refractivity contribution in [3.8, 4) is 0 Å². The summed E-state index contributed by atoms with van der Waals surface area (Å²) in [6.07, 6.45) is -3.41. The Kier molecular flexibility index (Phi) is 3.93. The summed E-state index contributed by atoms with van der Waals surface area (Å²) in [5.74, 6) is -0.681. The van der Waals surface area contributed by atoms with Crippen LogP contribution in [0.3, 0.4) is 0 Å². The van der Waals surface area contributed by atoms with Crippen molar-refractivity contribution in [3.63, 3.8) is 0 Å². The van der Waals surface area contributed by atoms with E-state index in [1.165, 1.54) is 32.2 Å². The molecule has 1 rings (SSSR count). The number of hydrogen-bond donors (Lipinski definition) is 0. The van der Waals surface area contributed by atoms with E-state index in [1.807, 2.05) is 0 Å². The van der Waals surface area contributed by atoms with Crippen molar-refractivity contribution >= 4 is 11.5 Å². The first-order chi connectivity index (χ1) is 7.86. The number of carbonyl (C=O) groups excluding carboxylic acids is 1. The zero-order chi connectivity index (χ0) is 13.1. The van der Waals surface area contributed by atoms with Gasteiger partial charge in [-0.1, -0.05) is 18.2 Å². The molecule has 0 spiro atoms. The molecular formula is C12H11F3O2. The lowest BCUT2D eigenvalue weighted by Gasteiger charge is -2.12. The van der Waals surface area contributed by atoms with Crippen LogP contribution in [0.15, 0.2) is 30.3 Å². The van der Waals surface area contributed by atoms with E-state index in [1.54, 1.807) is 0 Å². The lowest BCUT2D eigenvalue weighted by Crippen LogP contribution is -2.08. The van der Waals surface area contributed by atoms with Gasteiger partial charge in [0.05, 0.1) is 12.7 Å². The minimum Gasteiger partial charge on any atom is -0.466 e. The summed E-state index contributed by atoms with van der Waals surface area (Å²) in [7, 11) is 1.17. The zero-order valence-electron chi connectivity index (χ0n) is 9.34. The number of alkyl halides is 3. The van der Waals surface area contributed by atoms with Crippen LogP contribution in [0.2, 0.25) is 0 Å². The number of rotatable bonds is 2. The molecule has 0 bridgehead atoms. The quantitative estimate of drug-likeness (QED) is 0.589. The first kappa shape index (κ1) is 13.3. The maximum Gasteiger partial charge on any atom is 0.416 e. The third kappa shape index (κ3) is 3.34. The average Bonchev–Trinajstić information content (AvgIpc) is 2.27. The van der Waals surface area contributed by atoms with Crippen LogP contribution in [-0.4, -0.2) is 13.1 Å². The molecular weight excluding hydrogens is 233 g/mol. The lowest BCUT2D eigenvalue weighted by molar-refractivity contribution is -0.138. The van der Waals surface area contributed by atoms with Gasteiger partial charge in [0.25, 0.3) is 0 Å². The third-order valence-electron chi connectivity index (χ3n) is 2.19. The molecule has 2 nitrogen and oxygen atoms in total. The van der Waals surface area contributed by atoms with Gasteiger partial charge >= 0.3 is 12.1 Å². The molecule has 17 heavy (non-hydrogen) atoms. The van der Waals surface area contributed by atoms with Gasteiger partial charge in [-0.15, -0.1) is 0 Å². The average molecular weight is 244 g/mol. The molecule has 0 N–H and O–H groups in total. The molecule has 0 radical (unpaired) electrons. The molecule has 0 heterocycles. The maximum absolute atomic E-state index is 12.7. The maximum atomic E-state index is 12.7. The highest BCUT2D eigenvalue weighted by Gasteiger charge is 2.33. The molecule has 1 aromatic rings. The highest BCUT2D eigenvalue weighted by Crippen LogP contribution is 2.34. The Bertz CT molecular complexity index is 447. The van der Waals surface area contributed by atoms with E-state index in [0.29, 0.717) is 0 Å². The van der Waals surface area contributed by atoms with Gasteiger partial charge in [0, 0.05) is 6.08 Å². The van der Waals surface area contributed by atoms with Crippen LogP contribution < -0.4 is 0 Å². The summed E-state index contributed by atoms with van der Waals surface area (Å²) in [5.41, 5.74) is -0.576. The number of esters is 1. The predicted octanol–water partition coefficient (Wildman–Crippen LogP) is 3.28. The van der Waals surface area contributed by atoms with Gasteiger partial charge in [-0.3, -0.25) is 0 Å². The SMILES string of the molecule is COC(=O)/C=C(/C)c1ccccc1C(F)(F)F. The topological polar surface area (TPSA) is 26.3 Å². The van der Waals surface area contributed by atoms with Crippen molar-refractivity contribution in [1.82, 2.24) is 0 Å². The zero-order valence-corrected chi connectivity index (χ0v) is 9.34. The van der Waals surface area contributed by atoms with Gasteiger partial charge < -0.3 is 4.74 Å². The molecule has 0 saturated heterocycles. The van der Waals surface area contributed by atoms with Crippen molar-refractivity contribution < 1.29 is 22.7 Å². The molecule has 0 aromatic heterocycles. The molecule has 0 fully saturated rings. The molecule has 1 aromatic carbocycles. The van der Waals surface area contributed by atoms with Gasteiger partial charge in [-0.05, 0) is 24.1 Å². The van der Waals surface area contributed by atoms with Gasteiger partial charge in [0.1, 0.15) is 0 Å². The third-order valence-corrected chi connectivity index (χ3v) is 2.19. The monoisotopic (exact) mass is 244 g/mol. The van der Waals surface area contributed by atoms with E-state index >= 15 is 0 Å². The summed E-state index contributed by atoms with van der Waals surface area (Å²) in [5, 5.41) is 0. The number of benzene rings is 1. The van der Waals surface area contributed by atoms with Crippen LogP contribution in [0.4, 0.5) is 13.2 Å². The summed E-state index contributed by atoms with van der Waals surface area (Å²) < 4.78 is 42.4. The summed E-state index contributed by atoms with van der Waals surface area (Å²) >= 11 is 0. The van der Waals surface area contributed by atoms with Gasteiger partial charge in [-0.2, -0.15) is 13.2 Å². The second-order valence-corrected chi connectivity index (χ2v) is 3.39. The molecule has 0 aliphatic rings. The van der Waals surface area contributed by atoms with Gasteiger partial charge in [0.15, 0.2) is 0 Å². The normalized spacial score (nSPS) is 12.4. The first-order valence-corrected chi connectivity index (χ1v) is 4.79. The van der Waals surface area contributed by atoms with Crippen molar-refractivity contribution in [3.05, 3.63) is 41.5 Å². The number of methoxy groups -OCH3 is 1. The second-order valence-electron chi connectivity index (χ2n) is 3.39. The standard InChI is InChI=1S/C12H11F3O2/c1-8(7-11(16)17-2)9-5-3-4-6-10(9)12(13,14)15/h3-7H,1-2H3/b8-7-. The fourth-order valence-corrected chi connectivity index (χ4v) is 1.39. The molecule has 0 saturated carbocycles. The summed E-state index contributed by atoms with van der Waals surface area (Å²) in [6.45, 7) is 1.43. The summed E-state index contributed by atoms with van der Waals surface area (Å²) in [6, 6.07) is 5.08. The van der Waals surface area contributed by atoms with Crippen LogP contribution in [0.25, 0.3) is 5.57 Å². The predicted molar refractivity (Wildman–Crippen MR) is 57.1 cm³/mol. The van der Waals surface area contributed by atoms with E-state index in [0.717, 1.165) is 12.1 Å². The van der Waals surface area contributed by atoms with Crippen molar-refractivity contribution in [2.24, 2.45) is 0 Å². The van der Waals surface area contributed by atoms with E-state index in [4.69, 9.17) is 0 Å². The Labute approximate surface area is 96.7 Å².